The zero-order chi connectivity index (χ0) is 15.4. The fourth-order valence-corrected chi connectivity index (χ4v) is 3.45. The molecule has 0 aliphatic carbocycles. The van der Waals surface area contributed by atoms with Crippen LogP contribution in [0.15, 0.2) is 30.3 Å². The Labute approximate surface area is 145 Å². The summed E-state index contributed by atoms with van der Waals surface area (Å²) >= 11 is 0. The third kappa shape index (κ3) is 4.93. The fraction of sp³-hybridized carbons (Fsp3) is 0.611. The number of carbonyl (C=O) groups excluding carboxylic acids is 1. The van der Waals surface area contributed by atoms with Crippen molar-refractivity contribution in [3.8, 4) is 0 Å². The molecule has 0 radical (unpaired) electrons. The Kier molecular flexibility index (Phi) is 6.88. The van der Waals surface area contributed by atoms with Gasteiger partial charge in [0.15, 0.2) is 0 Å². The lowest BCUT2D eigenvalue weighted by atomic mass is 10.0. The number of ether oxygens (including phenoxy) is 1. The number of nitrogens with one attached hydrogen (secondary N) is 1. The number of morpholine rings is 1. The van der Waals surface area contributed by atoms with Crippen LogP contribution in [0.4, 0.5) is 0 Å². The molecule has 1 aromatic carbocycles. The van der Waals surface area contributed by atoms with Crippen LogP contribution < -0.4 is 5.32 Å². The molecule has 2 heterocycles. The Bertz CT molecular complexity index is 491. The molecule has 1 aromatic rings. The zero-order valence-corrected chi connectivity index (χ0v) is 14.6. The minimum absolute atomic E-state index is 0. The van der Waals surface area contributed by atoms with E-state index in [1.807, 2.05) is 23.1 Å². The van der Waals surface area contributed by atoms with Crippen molar-refractivity contribution >= 4 is 18.3 Å². The van der Waals surface area contributed by atoms with Gasteiger partial charge in [-0.25, -0.2) is 0 Å². The van der Waals surface area contributed by atoms with Gasteiger partial charge in [-0.1, -0.05) is 30.3 Å². The lowest BCUT2D eigenvalue weighted by Gasteiger charge is -2.37. The Balaban J connectivity index is 0.00000192. The highest BCUT2D eigenvalue weighted by atomic mass is 35.5. The van der Waals surface area contributed by atoms with Gasteiger partial charge in [-0.15, -0.1) is 12.4 Å². The van der Waals surface area contributed by atoms with Crippen molar-refractivity contribution in [1.29, 1.82) is 0 Å². The van der Waals surface area contributed by atoms with Crippen LogP contribution in [0.1, 0.15) is 37.9 Å². The van der Waals surface area contributed by atoms with Gasteiger partial charge in [0.25, 0.3) is 0 Å². The number of carbonyl (C=O) groups is 1. The van der Waals surface area contributed by atoms with Crippen molar-refractivity contribution in [2.75, 3.05) is 26.2 Å². The summed E-state index contributed by atoms with van der Waals surface area (Å²) in [6.45, 7) is 5.61. The molecule has 23 heavy (non-hydrogen) atoms. The smallest absolute Gasteiger partial charge is 0.222 e. The molecule has 1 amide bonds. The third-order valence-corrected chi connectivity index (χ3v) is 4.71. The molecule has 2 saturated heterocycles. The summed E-state index contributed by atoms with van der Waals surface area (Å²) in [5.41, 5.74) is 1.16. The average molecular weight is 339 g/mol. The first-order valence-corrected chi connectivity index (χ1v) is 8.41. The normalized spacial score (nSPS) is 27.5. The molecule has 0 bridgehead atoms. The maximum absolute atomic E-state index is 12.5. The molecule has 3 unspecified atom stereocenters. The van der Waals surface area contributed by atoms with E-state index >= 15 is 0 Å². The lowest BCUT2D eigenvalue weighted by Crippen LogP contribution is -2.46. The molecular weight excluding hydrogens is 312 g/mol. The van der Waals surface area contributed by atoms with Gasteiger partial charge < -0.3 is 15.0 Å². The van der Waals surface area contributed by atoms with E-state index in [9.17, 15) is 4.79 Å². The topological polar surface area (TPSA) is 41.6 Å². The number of hydrogen-bond donors (Lipinski definition) is 1. The highest BCUT2D eigenvalue weighted by molar-refractivity contribution is 5.85. The number of halogens is 1. The first-order chi connectivity index (χ1) is 10.7. The van der Waals surface area contributed by atoms with Crippen molar-refractivity contribution in [2.24, 2.45) is 5.92 Å². The first kappa shape index (κ1) is 18.2. The monoisotopic (exact) mass is 338 g/mol. The molecule has 0 spiro atoms. The van der Waals surface area contributed by atoms with Gasteiger partial charge in [0, 0.05) is 13.0 Å². The predicted molar refractivity (Wildman–Crippen MR) is 93.8 cm³/mol. The average Bonchev–Trinajstić information content (AvgIpc) is 3.06. The maximum atomic E-state index is 12.5. The second kappa shape index (κ2) is 8.67. The molecule has 3 atom stereocenters. The van der Waals surface area contributed by atoms with E-state index in [1.54, 1.807) is 0 Å². The molecule has 3 rings (SSSR count). The summed E-state index contributed by atoms with van der Waals surface area (Å²) in [6, 6.07) is 10.2. The quantitative estimate of drug-likeness (QED) is 0.917. The van der Waals surface area contributed by atoms with Crippen molar-refractivity contribution in [2.45, 2.75) is 38.4 Å². The van der Waals surface area contributed by atoms with E-state index in [0.29, 0.717) is 25.4 Å². The Hall–Kier alpha value is -1.10. The van der Waals surface area contributed by atoms with Crippen molar-refractivity contribution in [1.82, 2.24) is 10.2 Å². The highest BCUT2D eigenvalue weighted by Gasteiger charge is 2.29. The molecule has 5 heteroatoms. The molecule has 2 fully saturated rings. The standard InChI is InChI=1S/C18H26N2O2.ClH/c1-14-12-20(18(21)8-7-15-9-10-19-11-15)13-17(22-14)16-5-3-2-4-6-16;/h2-6,14-15,17,19H,7-13H2,1H3;1H. The van der Waals surface area contributed by atoms with Crippen LogP contribution in [0, 0.1) is 5.92 Å². The SMILES string of the molecule is CC1CN(C(=O)CCC2CCNC2)CC(c2ccccc2)O1.Cl. The summed E-state index contributed by atoms with van der Waals surface area (Å²) in [7, 11) is 0. The Morgan fingerprint density at radius 1 is 1.30 bits per heavy atom. The number of amides is 1. The molecular formula is C18H27ClN2O2. The number of nitrogens with zero attached hydrogens (tertiary/aromatic N) is 1. The van der Waals surface area contributed by atoms with Crippen LogP contribution in [-0.2, 0) is 9.53 Å². The van der Waals surface area contributed by atoms with Crippen LogP contribution in [0.5, 0.6) is 0 Å². The van der Waals surface area contributed by atoms with Crippen LogP contribution in [0.2, 0.25) is 0 Å². The van der Waals surface area contributed by atoms with Gasteiger partial charge in [0.05, 0.1) is 12.6 Å². The van der Waals surface area contributed by atoms with Gasteiger partial charge in [-0.05, 0) is 44.3 Å². The predicted octanol–water partition coefficient (Wildman–Crippen LogP) is 2.79. The Morgan fingerprint density at radius 3 is 2.78 bits per heavy atom. The molecule has 0 saturated carbocycles. The van der Waals surface area contributed by atoms with Crippen LogP contribution in [0.25, 0.3) is 0 Å². The Morgan fingerprint density at radius 2 is 2.09 bits per heavy atom. The van der Waals surface area contributed by atoms with Gasteiger partial charge >= 0.3 is 0 Å². The molecule has 2 aliphatic heterocycles. The third-order valence-electron chi connectivity index (χ3n) is 4.71. The summed E-state index contributed by atoms with van der Waals surface area (Å²) < 4.78 is 6.03. The summed E-state index contributed by atoms with van der Waals surface area (Å²) in [5.74, 6) is 0.954. The summed E-state index contributed by atoms with van der Waals surface area (Å²) in [4.78, 5) is 14.5. The number of benzene rings is 1. The summed E-state index contributed by atoms with van der Waals surface area (Å²) in [6.07, 6.45) is 2.98. The van der Waals surface area contributed by atoms with Crippen LogP contribution in [0.3, 0.4) is 0 Å². The maximum Gasteiger partial charge on any atom is 0.222 e. The summed E-state index contributed by atoms with van der Waals surface area (Å²) in [5, 5.41) is 3.37. The van der Waals surface area contributed by atoms with Crippen LogP contribution >= 0.6 is 12.4 Å². The van der Waals surface area contributed by atoms with Crippen molar-refractivity contribution < 1.29 is 9.53 Å². The highest BCUT2D eigenvalue weighted by Crippen LogP contribution is 2.26. The molecule has 2 aliphatic rings. The van der Waals surface area contributed by atoms with E-state index in [1.165, 1.54) is 6.42 Å². The minimum atomic E-state index is 0. The zero-order valence-electron chi connectivity index (χ0n) is 13.7. The van der Waals surface area contributed by atoms with Gasteiger partial charge in [-0.2, -0.15) is 0 Å². The van der Waals surface area contributed by atoms with E-state index in [0.717, 1.165) is 25.1 Å². The molecule has 0 aromatic heterocycles. The van der Waals surface area contributed by atoms with Crippen molar-refractivity contribution in [3.05, 3.63) is 35.9 Å². The van der Waals surface area contributed by atoms with E-state index in [4.69, 9.17) is 4.74 Å². The minimum Gasteiger partial charge on any atom is -0.367 e. The van der Waals surface area contributed by atoms with E-state index in [2.05, 4.69) is 24.4 Å². The second-order valence-electron chi connectivity index (χ2n) is 6.54. The van der Waals surface area contributed by atoms with Gasteiger partial charge in [-0.3, -0.25) is 4.79 Å². The molecule has 128 valence electrons. The number of rotatable bonds is 4. The lowest BCUT2D eigenvalue weighted by molar-refractivity contribution is -0.145. The van der Waals surface area contributed by atoms with E-state index in [-0.39, 0.29) is 30.5 Å². The second-order valence-corrected chi connectivity index (χ2v) is 6.54. The van der Waals surface area contributed by atoms with E-state index < -0.39 is 0 Å². The largest absolute Gasteiger partial charge is 0.367 e. The van der Waals surface area contributed by atoms with Gasteiger partial charge in [0.1, 0.15) is 6.10 Å². The first-order valence-electron chi connectivity index (χ1n) is 8.41. The van der Waals surface area contributed by atoms with Crippen LogP contribution in [-0.4, -0.2) is 43.1 Å². The molecule has 1 N–H and O–H groups in total. The fourth-order valence-electron chi connectivity index (χ4n) is 3.45. The molecule has 4 nitrogen and oxygen atoms in total. The number of hydrogen-bond acceptors (Lipinski definition) is 3. The van der Waals surface area contributed by atoms with Gasteiger partial charge in [0.2, 0.25) is 5.91 Å². The van der Waals surface area contributed by atoms with Crippen molar-refractivity contribution in [3.63, 3.8) is 0 Å².